The van der Waals surface area contributed by atoms with E-state index in [9.17, 15) is 0 Å². The molecule has 2 nitrogen and oxygen atoms in total. The van der Waals surface area contributed by atoms with Gasteiger partial charge in [0.25, 0.3) is 0 Å². The molecule has 3 aliphatic rings. The summed E-state index contributed by atoms with van der Waals surface area (Å²) in [5.74, 6) is 0. The molecule has 8 rings (SSSR count). The van der Waals surface area contributed by atoms with Crippen molar-refractivity contribution >= 4 is 34.5 Å². The van der Waals surface area contributed by atoms with Gasteiger partial charge in [-0.2, -0.15) is 0 Å². The van der Waals surface area contributed by atoms with Gasteiger partial charge in [-0.05, 0) is 121 Å². The number of hydrogen-bond acceptors (Lipinski definition) is 2. The number of aryl methyl sites for hydroxylation is 1. The van der Waals surface area contributed by atoms with E-state index in [0.29, 0.717) is 0 Å². The van der Waals surface area contributed by atoms with Crippen molar-refractivity contribution in [3.05, 3.63) is 179 Å². The van der Waals surface area contributed by atoms with Crippen molar-refractivity contribution in [1.29, 1.82) is 0 Å². The molecule has 0 unspecified atom stereocenters. The predicted octanol–water partition coefficient (Wildman–Crippen LogP) is 10.3. The third-order valence-electron chi connectivity index (χ3n) is 9.73. The summed E-state index contributed by atoms with van der Waals surface area (Å²) in [7, 11) is 0. The molecule has 230 valence electrons. The van der Waals surface area contributed by atoms with E-state index in [1.807, 2.05) is 0 Å². The minimum Gasteiger partial charge on any atom is -0.314 e. The summed E-state index contributed by atoms with van der Waals surface area (Å²) < 4.78 is 0. The molecule has 0 saturated heterocycles. The summed E-state index contributed by atoms with van der Waals surface area (Å²) >= 11 is 0. The average Bonchev–Trinajstić information content (AvgIpc) is 3.43. The first kappa shape index (κ1) is 29.1. The SMILES string of the molecule is C1=CCC=C(N(c2ccc(-c3ccc(N(C4=c5ccccc5=CCC4)c4ccccc4)cc3)cc2)c2cccc3c2CCCC3)C=C1. The fraction of sp³-hybridized carbons (Fsp3) is 0.156. The maximum Gasteiger partial charge on any atom is 0.0496 e. The van der Waals surface area contributed by atoms with Crippen molar-refractivity contribution in [1.82, 2.24) is 0 Å². The van der Waals surface area contributed by atoms with E-state index in [4.69, 9.17) is 0 Å². The monoisotopic (exact) mass is 608 g/mol. The van der Waals surface area contributed by atoms with Crippen LogP contribution in [0.3, 0.4) is 0 Å². The smallest absolute Gasteiger partial charge is 0.0496 e. The van der Waals surface area contributed by atoms with E-state index >= 15 is 0 Å². The van der Waals surface area contributed by atoms with E-state index in [2.05, 4.69) is 168 Å². The zero-order valence-corrected chi connectivity index (χ0v) is 26.9. The lowest BCUT2D eigenvalue weighted by Gasteiger charge is -2.31. The Bertz CT molecular complexity index is 2100. The molecular weight excluding hydrogens is 569 g/mol. The van der Waals surface area contributed by atoms with Crippen LogP contribution in [0.5, 0.6) is 0 Å². The molecule has 0 heterocycles. The summed E-state index contributed by atoms with van der Waals surface area (Å²) in [5, 5.41) is 2.64. The molecular formula is C45H40N2. The Morgan fingerprint density at radius 2 is 1.21 bits per heavy atom. The lowest BCUT2D eigenvalue weighted by atomic mass is 9.89. The minimum atomic E-state index is 0.932. The van der Waals surface area contributed by atoms with E-state index < -0.39 is 0 Å². The predicted molar refractivity (Wildman–Crippen MR) is 199 cm³/mol. The highest BCUT2D eigenvalue weighted by molar-refractivity contribution is 5.83. The first-order chi connectivity index (χ1) is 23.3. The first-order valence-electron chi connectivity index (χ1n) is 17.1. The highest BCUT2D eigenvalue weighted by atomic mass is 15.2. The molecule has 0 radical (unpaired) electrons. The Morgan fingerprint density at radius 1 is 0.511 bits per heavy atom. The molecule has 0 N–H and O–H groups in total. The highest BCUT2D eigenvalue weighted by Gasteiger charge is 2.21. The number of benzene rings is 5. The van der Waals surface area contributed by atoms with Crippen molar-refractivity contribution in [3.8, 4) is 11.1 Å². The third kappa shape index (κ3) is 5.88. The van der Waals surface area contributed by atoms with Crippen molar-refractivity contribution < 1.29 is 0 Å². The fourth-order valence-electron chi connectivity index (χ4n) is 7.44. The Morgan fingerprint density at radius 3 is 2.02 bits per heavy atom. The normalized spacial score (nSPS) is 15.1. The molecule has 47 heavy (non-hydrogen) atoms. The van der Waals surface area contributed by atoms with Gasteiger partial charge >= 0.3 is 0 Å². The average molecular weight is 609 g/mol. The van der Waals surface area contributed by atoms with Crippen molar-refractivity contribution in [2.24, 2.45) is 0 Å². The van der Waals surface area contributed by atoms with Gasteiger partial charge < -0.3 is 9.80 Å². The molecule has 0 spiro atoms. The number of fused-ring (bicyclic) bond motifs is 2. The van der Waals surface area contributed by atoms with Gasteiger partial charge in [-0.3, -0.25) is 0 Å². The van der Waals surface area contributed by atoms with E-state index in [0.717, 1.165) is 25.7 Å². The van der Waals surface area contributed by atoms with Crippen LogP contribution >= 0.6 is 0 Å². The second kappa shape index (κ2) is 13.2. The van der Waals surface area contributed by atoms with Crippen LogP contribution in [-0.2, 0) is 12.8 Å². The second-order valence-corrected chi connectivity index (χ2v) is 12.7. The Balaban J connectivity index is 1.15. The zero-order chi connectivity index (χ0) is 31.4. The molecule has 2 heteroatoms. The van der Waals surface area contributed by atoms with E-state index in [1.165, 1.54) is 86.1 Å². The summed E-state index contributed by atoms with van der Waals surface area (Å²) in [4.78, 5) is 4.91. The minimum absolute atomic E-state index is 0.932. The molecule has 0 atom stereocenters. The molecule has 0 aromatic heterocycles. The van der Waals surface area contributed by atoms with Crippen LogP contribution in [0.25, 0.3) is 22.9 Å². The topological polar surface area (TPSA) is 6.48 Å². The largest absolute Gasteiger partial charge is 0.314 e. The van der Waals surface area contributed by atoms with Crippen molar-refractivity contribution in [2.75, 3.05) is 9.80 Å². The van der Waals surface area contributed by atoms with Gasteiger partial charge in [-0.25, -0.2) is 0 Å². The second-order valence-electron chi connectivity index (χ2n) is 12.7. The highest BCUT2D eigenvalue weighted by Crippen LogP contribution is 2.39. The van der Waals surface area contributed by atoms with Crippen molar-refractivity contribution in [2.45, 2.75) is 44.9 Å². The van der Waals surface area contributed by atoms with Gasteiger partial charge in [-0.1, -0.05) is 109 Å². The van der Waals surface area contributed by atoms with Crippen LogP contribution in [-0.4, -0.2) is 0 Å². The van der Waals surface area contributed by atoms with E-state index in [1.54, 1.807) is 0 Å². The standard InChI is InChI=1S/C45H40N2/c1-2-5-19-38(18-4-1)46(44-24-12-16-36-14-8-10-22-42(36)44)40-30-26-34(27-31-40)35-28-32-41(33-29-35)47(39-20-6-3-7-21-39)45-25-13-17-37-15-9-11-23-43(37)45/h1-4,6-7,9,11-12,15-21,23-24,26-33H,5,8,10,13-14,22,25H2. The Labute approximate surface area is 278 Å². The van der Waals surface area contributed by atoms with Crippen LogP contribution in [0.2, 0.25) is 0 Å². The van der Waals surface area contributed by atoms with Gasteiger partial charge in [0.15, 0.2) is 0 Å². The summed E-state index contributed by atoms with van der Waals surface area (Å²) in [6, 6.07) is 44.7. The lowest BCUT2D eigenvalue weighted by molar-refractivity contribution is 0.685. The maximum atomic E-state index is 2.47. The van der Waals surface area contributed by atoms with Crippen LogP contribution in [0.1, 0.15) is 43.2 Å². The van der Waals surface area contributed by atoms with Gasteiger partial charge in [0.2, 0.25) is 0 Å². The molecule has 3 aliphatic carbocycles. The first-order valence-corrected chi connectivity index (χ1v) is 17.1. The van der Waals surface area contributed by atoms with Gasteiger partial charge in [0.05, 0.1) is 0 Å². The van der Waals surface area contributed by atoms with Gasteiger partial charge in [0, 0.05) is 39.4 Å². The number of nitrogens with zero attached hydrogens (tertiary/aromatic N) is 2. The Kier molecular flexibility index (Phi) is 8.16. The van der Waals surface area contributed by atoms with Crippen molar-refractivity contribution in [3.63, 3.8) is 0 Å². The molecule has 0 bridgehead atoms. The summed E-state index contributed by atoms with van der Waals surface area (Å²) in [6.07, 6.45) is 21.3. The van der Waals surface area contributed by atoms with Crippen LogP contribution in [0.15, 0.2) is 157 Å². The third-order valence-corrected chi connectivity index (χ3v) is 9.73. The Hall–Kier alpha value is -5.34. The van der Waals surface area contributed by atoms with Crippen LogP contribution in [0.4, 0.5) is 22.7 Å². The fourth-order valence-corrected chi connectivity index (χ4v) is 7.44. The zero-order valence-electron chi connectivity index (χ0n) is 26.9. The lowest BCUT2D eigenvalue weighted by Crippen LogP contribution is -2.34. The van der Waals surface area contributed by atoms with Gasteiger partial charge in [0.1, 0.15) is 0 Å². The molecule has 0 saturated carbocycles. The molecule has 0 amide bonds. The van der Waals surface area contributed by atoms with Crippen LogP contribution in [0, 0.1) is 0 Å². The number of allylic oxidation sites excluding steroid dienone is 5. The summed E-state index contributed by atoms with van der Waals surface area (Å²) in [6.45, 7) is 0. The number of anilines is 4. The molecule has 5 aromatic carbocycles. The molecule has 5 aromatic rings. The molecule has 0 aliphatic heterocycles. The maximum absolute atomic E-state index is 2.47. The number of hydrogen-bond donors (Lipinski definition) is 0. The summed E-state index contributed by atoms with van der Waals surface area (Å²) in [5.41, 5.74) is 12.9. The van der Waals surface area contributed by atoms with E-state index in [-0.39, 0.29) is 0 Å². The quantitative estimate of drug-likeness (QED) is 0.181. The molecule has 0 fully saturated rings. The number of rotatable bonds is 7. The van der Waals surface area contributed by atoms with Crippen LogP contribution < -0.4 is 20.2 Å². The van der Waals surface area contributed by atoms with Gasteiger partial charge in [-0.15, -0.1) is 0 Å². The number of para-hydroxylation sites is 1.